The largest absolute Gasteiger partial charge is 0.457 e. The Balaban J connectivity index is 0.000000140. The zero-order valence-electron chi connectivity index (χ0n) is 55.5. The molecule has 0 saturated heterocycles. The molecule has 10 aromatic carbocycles. The van der Waals surface area contributed by atoms with Gasteiger partial charge in [-0.05, 0) is 168 Å². The molecule has 0 spiro atoms. The van der Waals surface area contributed by atoms with E-state index in [2.05, 4.69) is 46.9 Å². The highest BCUT2D eigenvalue weighted by molar-refractivity contribution is 6.41. The number of rotatable bonds is 12. The van der Waals surface area contributed by atoms with Crippen LogP contribution in [0, 0.1) is 0 Å². The molecular weight excluding hydrogens is 1320 g/mol. The summed E-state index contributed by atoms with van der Waals surface area (Å²) >= 11 is 0. The number of cyclic esters (lactones) is 6. The van der Waals surface area contributed by atoms with E-state index in [1.165, 1.54) is 44.4 Å². The van der Waals surface area contributed by atoms with Crippen molar-refractivity contribution in [3.8, 4) is 46.0 Å². The van der Waals surface area contributed by atoms with Crippen LogP contribution in [-0.2, 0) is 25.0 Å². The maximum atomic E-state index is 12.3. The molecule has 22 heteroatoms. The topological polar surface area (TPSA) is 288 Å². The maximum absolute atomic E-state index is 12.3. The van der Waals surface area contributed by atoms with Crippen molar-refractivity contribution in [2.24, 2.45) is 4.99 Å². The summed E-state index contributed by atoms with van der Waals surface area (Å²) in [6, 6.07) is 62.9. The summed E-state index contributed by atoms with van der Waals surface area (Å²) < 4.78 is 37.3. The van der Waals surface area contributed by atoms with Gasteiger partial charge in [0.05, 0.1) is 67.4 Å². The predicted octanol–water partition coefficient (Wildman–Crippen LogP) is 14.4. The molecule has 6 aliphatic rings. The first-order valence-corrected chi connectivity index (χ1v) is 31.8. The quantitative estimate of drug-likeness (QED) is 0.0475. The number of carbonyl (C=O) groups is 12. The van der Waals surface area contributed by atoms with Gasteiger partial charge in [0.15, 0.2) is 0 Å². The highest BCUT2D eigenvalue weighted by Gasteiger charge is 2.36. The molecule has 6 aliphatic heterocycles. The van der Waals surface area contributed by atoms with Gasteiger partial charge in [-0.3, -0.25) is 38.6 Å². The molecule has 508 valence electrons. The summed E-state index contributed by atoms with van der Waals surface area (Å²) in [5.41, 5.74) is 7.38. The van der Waals surface area contributed by atoms with Crippen molar-refractivity contribution < 1.29 is 90.7 Å². The maximum Gasteiger partial charge on any atom is 0.347 e. The number of hydrogen-bond donors (Lipinski definition) is 0. The molecule has 0 aliphatic carbocycles. The zero-order valence-corrected chi connectivity index (χ0v) is 55.5. The third-order valence-corrected chi connectivity index (χ3v) is 17.9. The van der Waals surface area contributed by atoms with Crippen LogP contribution < -0.4 is 18.9 Å². The number of aliphatic imine (C=N–C) groups is 1. The highest BCUT2D eigenvalue weighted by Crippen LogP contribution is 2.39. The van der Waals surface area contributed by atoms with Gasteiger partial charge in [0.1, 0.15) is 46.0 Å². The summed E-state index contributed by atoms with van der Waals surface area (Å²) in [6.07, 6.45) is 1.03. The summed E-state index contributed by atoms with van der Waals surface area (Å²) in [6.45, 7) is 8.44. The Morgan fingerprint density at radius 2 is 0.515 bits per heavy atom. The summed E-state index contributed by atoms with van der Waals surface area (Å²) in [7, 11) is 2.95. The second kappa shape index (κ2) is 27.1. The van der Waals surface area contributed by atoms with E-state index in [0.717, 1.165) is 38.3 Å². The number of amides is 5. The van der Waals surface area contributed by atoms with Crippen LogP contribution in [0.4, 0.5) is 0 Å². The van der Waals surface area contributed by atoms with Gasteiger partial charge in [0, 0.05) is 30.5 Å². The number of Topliss-reactive ketones (excluding diaryl/α,β-unsaturated/α-hetero) is 1. The number of carbonyl (C=O) groups excluding carboxylic acids is 12. The highest BCUT2D eigenvalue weighted by atomic mass is 16.6. The molecule has 5 amide bonds. The summed E-state index contributed by atoms with van der Waals surface area (Å²) in [5.74, 6) is -1.49. The Kier molecular flexibility index (Phi) is 17.8. The lowest BCUT2D eigenvalue weighted by atomic mass is 9.78. The fraction of sp³-hybridized carbons (Fsp3) is 0.0988. The molecule has 0 fully saturated rings. The first-order valence-electron chi connectivity index (χ1n) is 31.8. The molecular formula is C81H55N3O19. The number of ketones is 1. The molecule has 10 aromatic rings. The van der Waals surface area contributed by atoms with E-state index < -0.39 is 41.7 Å². The van der Waals surface area contributed by atoms with Crippen molar-refractivity contribution in [1.29, 1.82) is 0 Å². The Morgan fingerprint density at radius 3 is 0.854 bits per heavy atom. The van der Waals surface area contributed by atoms with Gasteiger partial charge in [-0.1, -0.05) is 100 Å². The number of esters is 6. The Morgan fingerprint density at radius 1 is 0.272 bits per heavy atom. The standard InChI is InChI=1S/C33H24N2O6.C31H20O8.C9H7NO2.C8H4O3/c1-33(2,19-4-8-21(9-5-19)40-23-12-14-25-27(16-23)30(37)34-18-29(25)36)20-6-10-22(11-7-20)41-24-13-15-26-28(17-24)32(39)35(3)31(26)38;1-31(2,17-3-7-19(8-4-17)36-21-11-13-23-25(15-21)29(34)38-27(23)32)18-5-9-20(10-6-18)37-22-12-14-24-26(16-22)30(35)39-28(24)33;1-10-8(11)6-4-2-3-5-7(6)9(10)12;9-7-5-3-1-2-4-6(5)8(10)11-7/h4-18H,1-3H3;3-16H,1-2H3;2-5H,1H3;1-4H. The molecule has 0 aromatic heterocycles. The number of hydrogen-bond acceptors (Lipinski definition) is 19. The van der Waals surface area contributed by atoms with Crippen molar-refractivity contribution in [3.63, 3.8) is 0 Å². The van der Waals surface area contributed by atoms with E-state index >= 15 is 0 Å². The minimum atomic E-state index is -0.678. The number of fused-ring (bicyclic) bond motifs is 6. The van der Waals surface area contributed by atoms with Gasteiger partial charge in [0.25, 0.3) is 29.5 Å². The molecule has 0 unspecified atom stereocenters. The lowest BCUT2D eigenvalue weighted by molar-refractivity contribution is 0.0425. The van der Waals surface area contributed by atoms with Crippen LogP contribution in [0.1, 0.15) is 174 Å². The van der Waals surface area contributed by atoms with E-state index in [0.29, 0.717) is 84.9 Å². The van der Waals surface area contributed by atoms with Gasteiger partial charge in [-0.25, -0.2) is 33.8 Å². The second-order valence-corrected chi connectivity index (χ2v) is 25.0. The summed E-state index contributed by atoms with van der Waals surface area (Å²) in [4.78, 5) is 145. The molecule has 16 rings (SSSR count). The first-order chi connectivity index (χ1) is 49.3. The minimum Gasteiger partial charge on any atom is -0.457 e. The smallest absolute Gasteiger partial charge is 0.347 e. The van der Waals surface area contributed by atoms with Crippen LogP contribution in [0.25, 0.3) is 0 Å². The van der Waals surface area contributed by atoms with Crippen LogP contribution in [0.15, 0.2) is 223 Å². The SMILES string of the molecule is CC(C)(c1ccc(Oc2ccc3c(c2)C(=O)OC3=O)cc1)c1ccc(Oc2ccc3c(c2)C(=O)OC3=O)cc1.CN1C(=O)c2ccc(Oc3ccc(C(C)(C)c4ccc(Oc5ccc6c(c5)C(=O)N=CC6=O)cc4)cc3)cc2C1=O.CN1C(=O)c2ccccc2C1=O.O=C1OC(=O)c2ccccc21. The van der Waals surface area contributed by atoms with E-state index in [1.54, 1.807) is 91.0 Å². The van der Waals surface area contributed by atoms with E-state index in [9.17, 15) is 57.5 Å². The Hall–Kier alpha value is -13.9. The van der Waals surface area contributed by atoms with Crippen molar-refractivity contribution >= 4 is 77.3 Å². The fourth-order valence-corrected chi connectivity index (χ4v) is 11.9. The van der Waals surface area contributed by atoms with Crippen LogP contribution >= 0.6 is 0 Å². The number of nitrogens with zero attached hydrogens (tertiary/aromatic N) is 3. The van der Waals surface area contributed by atoms with Crippen LogP contribution in [0.3, 0.4) is 0 Å². The van der Waals surface area contributed by atoms with Gasteiger partial charge in [-0.15, -0.1) is 0 Å². The molecule has 0 N–H and O–H groups in total. The third-order valence-electron chi connectivity index (χ3n) is 17.9. The van der Waals surface area contributed by atoms with E-state index in [-0.39, 0.29) is 68.1 Å². The predicted molar refractivity (Wildman–Crippen MR) is 368 cm³/mol. The molecule has 0 saturated carbocycles. The van der Waals surface area contributed by atoms with Crippen molar-refractivity contribution in [2.75, 3.05) is 14.1 Å². The van der Waals surface area contributed by atoms with Crippen molar-refractivity contribution in [1.82, 2.24) is 9.80 Å². The summed E-state index contributed by atoms with van der Waals surface area (Å²) in [5, 5.41) is 0. The Labute approximate surface area is 586 Å². The minimum absolute atomic E-state index is 0.191. The number of ether oxygens (including phenoxy) is 7. The monoisotopic (exact) mass is 1370 g/mol. The van der Waals surface area contributed by atoms with Gasteiger partial charge in [0.2, 0.25) is 5.78 Å². The van der Waals surface area contributed by atoms with Gasteiger partial charge < -0.3 is 33.2 Å². The fourth-order valence-electron chi connectivity index (χ4n) is 11.9. The van der Waals surface area contributed by atoms with Crippen molar-refractivity contribution in [2.45, 2.75) is 38.5 Å². The van der Waals surface area contributed by atoms with Crippen LogP contribution in [0.5, 0.6) is 46.0 Å². The second-order valence-electron chi connectivity index (χ2n) is 25.0. The van der Waals surface area contributed by atoms with Crippen LogP contribution in [0.2, 0.25) is 0 Å². The normalized spacial score (nSPS) is 14.3. The average Bonchev–Trinajstić information content (AvgIpc) is 1.33. The lowest BCUT2D eigenvalue weighted by Crippen LogP contribution is -2.24. The first kappa shape index (κ1) is 67.7. The van der Waals surface area contributed by atoms with Crippen molar-refractivity contribution in [3.05, 3.63) is 307 Å². The van der Waals surface area contributed by atoms with E-state index in [4.69, 9.17) is 18.9 Å². The van der Waals surface area contributed by atoms with Crippen LogP contribution in [-0.4, -0.2) is 101 Å². The number of imide groups is 2. The molecule has 0 bridgehead atoms. The van der Waals surface area contributed by atoms with E-state index in [1.807, 2.05) is 97.1 Å². The third kappa shape index (κ3) is 13.4. The average molecular weight is 1370 g/mol. The Bertz CT molecular complexity index is 5150. The number of benzene rings is 10. The molecule has 6 heterocycles. The molecule has 22 nitrogen and oxygen atoms in total. The zero-order chi connectivity index (χ0) is 72.8. The molecule has 103 heavy (non-hydrogen) atoms. The van der Waals surface area contributed by atoms with Gasteiger partial charge >= 0.3 is 35.8 Å². The molecule has 0 atom stereocenters. The van der Waals surface area contributed by atoms with Gasteiger partial charge in [-0.2, -0.15) is 0 Å². The molecule has 0 radical (unpaired) electrons. The lowest BCUT2D eigenvalue weighted by Gasteiger charge is -2.26.